The highest BCUT2D eigenvalue weighted by molar-refractivity contribution is 4.18. The number of quaternary nitrogens is 1. The van der Waals surface area contributed by atoms with Crippen LogP contribution in [0.4, 0.5) is 0 Å². The number of hydrogen-bond acceptors (Lipinski definition) is 5. The summed E-state index contributed by atoms with van der Waals surface area (Å²) < 4.78 is 0. The molecule has 0 fully saturated rings. The quantitative estimate of drug-likeness (QED) is 0.401. The van der Waals surface area contributed by atoms with Gasteiger partial charge in [0.15, 0.2) is 0 Å². The summed E-state index contributed by atoms with van der Waals surface area (Å²) in [6.07, 6.45) is 3.56. The fraction of sp³-hybridized carbons (Fsp3) is 1.00. The van der Waals surface area contributed by atoms with E-state index >= 15 is 0 Å². The fourth-order valence-corrected chi connectivity index (χ4v) is 1.04. The van der Waals surface area contributed by atoms with E-state index in [9.17, 15) is 0 Å². The Labute approximate surface area is 110 Å². The summed E-state index contributed by atoms with van der Waals surface area (Å²) in [5, 5.41) is -0.580. The van der Waals surface area contributed by atoms with Crippen molar-refractivity contribution in [1.29, 1.82) is 0 Å². The van der Waals surface area contributed by atoms with Gasteiger partial charge in [0.25, 0.3) is 0 Å². The van der Waals surface area contributed by atoms with Gasteiger partial charge < -0.3 is 5.48 Å². The second kappa shape index (κ2) is 13.2. The second-order valence-corrected chi connectivity index (χ2v) is 3.78. The van der Waals surface area contributed by atoms with Crippen LogP contribution in [0.15, 0.2) is 0 Å². The molecule has 0 saturated carbocycles. The molecule has 0 aromatic rings. The lowest BCUT2D eigenvalue weighted by Crippen LogP contribution is -2.48. The van der Waals surface area contributed by atoms with Crippen LogP contribution < -0.4 is 0 Å². The Bertz CT molecular complexity index is 131. The summed E-state index contributed by atoms with van der Waals surface area (Å²) in [4.78, 5) is 22.2. The Kier molecular flexibility index (Phi) is 14.7. The van der Waals surface area contributed by atoms with Gasteiger partial charge in [0, 0.05) is 0 Å². The molecule has 0 amide bonds. The first-order valence-corrected chi connectivity index (χ1v) is 6.71. The molecule has 0 aromatic heterocycles. The highest BCUT2D eigenvalue weighted by Gasteiger charge is 2.37. The molecule has 0 saturated heterocycles. The van der Waals surface area contributed by atoms with Gasteiger partial charge >= 0.3 is 0 Å². The largest absolute Gasteiger partial charge is 0.870 e. The van der Waals surface area contributed by atoms with Crippen LogP contribution >= 0.6 is 0 Å². The number of rotatable bonds is 12. The molecule has 0 atom stereocenters. The maximum Gasteiger partial charge on any atom is 0.247 e. The molecule has 6 nitrogen and oxygen atoms in total. The molecule has 6 heteroatoms. The van der Waals surface area contributed by atoms with Gasteiger partial charge in [-0.3, -0.25) is 0 Å². The van der Waals surface area contributed by atoms with E-state index in [0.29, 0.717) is 26.4 Å². The van der Waals surface area contributed by atoms with E-state index in [1.54, 1.807) is 0 Å². The molecule has 112 valence electrons. The van der Waals surface area contributed by atoms with E-state index < -0.39 is 5.14 Å². The van der Waals surface area contributed by atoms with Gasteiger partial charge in [-0.15, -0.1) is 0 Å². The summed E-state index contributed by atoms with van der Waals surface area (Å²) in [7, 11) is 0. The van der Waals surface area contributed by atoms with Gasteiger partial charge in [0.1, 0.15) is 26.4 Å². The zero-order valence-corrected chi connectivity index (χ0v) is 12.2. The number of nitrogens with zero attached hydrogens (tertiary/aromatic N) is 1. The summed E-state index contributed by atoms with van der Waals surface area (Å²) in [5.41, 5.74) is 0. The molecule has 1 N–H and O–H groups in total. The standard InChI is InChI=1S/C12H28NO4.H2O/c1-5-9-14-13(15-10-6-2,16-11-7-3)17-12-8-4;/h5-12H2,1-4H3;1H2/q+1;/p-1. The van der Waals surface area contributed by atoms with E-state index in [2.05, 4.69) is 0 Å². The maximum atomic E-state index is 5.56. The third kappa shape index (κ3) is 8.79. The monoisotopic (exact) mass is 267 g/mol. The van der Waals surface area contributed by atoms with Crippen molar-refractivity contribution < 1.29 is 30.0 Å². The highest BCUT2D eigenvalue weighted by atomic mass is 17.4. The summed E-state index contributed by atoms with van der Waals surface area (Å²) in [5.74, 6) is 0. The Morgan fingerprint density at radius 1 is 0.556 bits per heavy atom. The van der Waals surface area contributed by atoms with Gasteiger partial charge in [0.2, 0.25) is 5.14 Å². The number of hydrogen-bond donors (Lipinski definition) is 0. The van der Waals surface area contributed by atoms with Crippen molar-refractivity contribution in [3.05, 3.63) is 0 Å². The lowest BCUT2D eigenvalue weighted by atomic mass is 10.5. The van der Waals surface area contributed by atoms with Gasteiger partial charge in [-0.25, -0.2) is 0 Å². The first kappa shape index (κ1) is 20.1. The maximum absolute atomic E-state index is 5.56. The predicted octanol–water partition coefficient (Wildman–Crippen LogP) is 2.99. The van der Waals surface area contributed by atoms with Crippen molar-refractivity contribution >= 4 is 0 Å². The summed E-state index contributed by atoms with van der Waals surface area (Å²) in [6.45, 7) is 10.3. The first-order valence-electron chi connectivity index (χ1n) is 6.71. The Morgan fingerprint density at radius 3 is 0.944 bits per heavy atom. The van der Waals surface area contributed by atoms with Crippen molar-refractivity contribution in [2.75, 3.05) is 26.4 Å². The molecule has 0 aromatic carbocycles. The SMILES string of the molecule is CCCO[N+](OCCC)(OCCC)OCCC.[OH-]. The van der Waals surface area contributed by atoms with E-state index in [1.807, 2.05) is 27.7 Å². The molecular formula is C12H29NO5. The molecule has 0 unspecified atom stereocenters. The molecule has 0 heterocycles. The average molecular weight is 267 g/mol. The summed E-state index contributed by atoms with van der Waals surface area (Å²) in [6, 6.07) is 0. The Balaban J connectivity index is 0. The zero-order valence-electron chi connectivity index (χ0n) is 12.2. The van der Waals surface area contributed by atoms with Crippen LogP contribution in [-0.4, -0.2) is 37.0 Å². The molecular weight excluding hydrogens is 238 g/mol. The first-order chi connectivity index (χ1) is 8.24. The molecule has 0 aliphatic carbocycles. The van der Waals surface area contributed by atoms with E-state index in [1.165, 1.54) is 0 Å². The van der Waals surface area contributed by atoms with Crippen molar-refractivity contribution in [2.24, 2.45) is 0 Å². The zero-order chi connectivity index (χ0) is 13.0. The van der Waals surface area contributed by atoms with Gasteiger partial charge in [0.05, 0.1) is 0 Å². The van der Waals surface area contributed by atoms with E-state index in [4.69, 9.17) is 19.4 Å². The topological polar surface area (TPSA) is 66.9 Å². The Hall–Kier alpha value is -0.240. The fourth-order valence-electron chi connectivity index (χ4n) is 1.04. The van der Waals surface area contributed by atoms with E-state index in [0.717, 1.165) is 25.7 Å². The normalized spacial score (nSPS) is 11.3. The van der Waals surface area contributed by atoms with Crippen LogP contribution in [0.5, 0.6) is 0 Å². The third-order valence-corrected chi connectivity index (χ3v) is 1.81. The van der Waals surface area contributed by atoms with Crippen molar-refractivity contribution in [1.82, 2.24) is 0 Å². The molecule has 0 rings (SSSR count). The average Bonchev–Trinajstić information content (AvgIpc) is 2.37. The van der Waals surface area contributed by atoms with Gasteiger partial charge in [-0.05, 0) is 25.7 Å². The minimum atomic E-state index is -0.580. The lowest BCUT2D eigenvalue weighted by Gasteiger charge is -2.25. The van der Waals surface area contributed by atoms with Crippen LogP contribution in [-0.2, 0) is 19.4 Å². The molecule has 18 heavy (non-hydrogen) atoms. The smallest absolute Gasteiger partial charge is 0.247 e. The van der Waals surface area contributed by atoms with Crippen LogP contribution in [0.2, 0.25) is 0 Å². The van der Waals surface area contributed by atoms with Gasteiger partial charge in [-0.2, -0.15) is 0 Å². The minimum absolute atomic E-state index is 0. The second-order valence-electron chi connectivity index (χ2n) is 3.78. The van der Waals surface area contributed by atoms with Crippen molar-refractivity contribution in [2.45, 2.75) is 53.4 Å². The van der Waals surface area contributed by atoms with Crippen LogP contribution in [0.1, 0.15) is 53.4 Å². The predicted molar refractivity (Wildman–Crippen MR) is 67.2 cm³/mol. The molecule has 0 bridgehead atoms. The third-order valence-electron chi connectivity index (χ3n) is 1.81. The molecule has 0 aliphatic heterocycles. The Morgan fingerprint density at radius 2 is 0.778 bits per heavy atom. The van der Waals surface area contributed by atoms with Crippen LogP contribution in [0, 0.1) is 0 Å². The lowest BCUT2D eigenvalue weighted by molar-refractivity contribution is -1.47. The molecule has 0 spiro atoms. The molecule has 0 radical (unpaired) electrons. The minimum Gasteiger partial charge on any atom is -0.870 e. The van der Waals surface area contributed by atoms with Crippen LogP contribution in [0.25, 0.3) is 0 Å². The summed E-state index contributed by atoms with van der Waals surface area (Å²) >= 11 is 0. The molecule has 0 aliphatic rings. The van der Waals surface area contributed by atoms with Crippen molar-refractivity contribution in [3.63, 3.8) is 0 Å². The van der Waals surface area contributed by atoms with Gasteiger partial charge in [-0.1, -0.05) is 47.0 Å². The van der Waals surface area contributed by atoms with Crippen LogP contribution in [0.3, 0.4) is 0 Å². The van der Waals surface area contributed by atoms with E-state index in [-0.39, 0.29) is 5.48 Å². The van der Waals surface area contributed by atoms with Crippen molar-refractivity contribution in [3.8, 4) is 0 Å². The highest BCUT2D eigenvalue weighted by Crippen LogP contribution is 2.15.